The molecule has 0 spiro atoms. The Morgan fingerprint density at radius 3 is 2.49 bits per heavy atom. The molecule has 3 heteroatoms. The first-order valence-electron chi connectivity index (χ1n) is 14.3. The first-order valence-corrected chi connectivity index (χ1v) is 17.2. The minimum Gasteiger partial charge on any atom is -0.417 e. The first-order chi connectivity index (χ1) is 16.3. The van der Waals surface area contributed by atoms with Crippen molar-refractivity contribution in [2.24, 2.45) is 35.0 Å². The van der Waals surface area contributed by atoms with Crippen LogP contribution in [0.25, 0.3) is 0 Å². The summed E-state index contributed by atoms with van der Waals surface area (Å²) in [6, 6.07) is 0. The highest BCUT2D eigenvalue weighted by Crippen LogP contribution is 2.63. The SMILES string of the molecule is C#CCC(C/C=C\CC)C[C@@H]1CC[C@@]2(C)C(CC[C@@H]2[C@H](C)CO[Si](C)(C)C(C)(C)C)[C@]1(O)CC=C. The highest BCUT2D eigenvalue weighted by atomic mass is 28.4. The zero-order valence-electron chi connectivity index (χ0n) is 24.3. The molecule has 0 radical (unpaired) electrons. The Kier molecular flexibility index (Phi) is 10.6. The van der Waals surface area contributed by atoms with Crippen molar-refractivity contribution in [2.45, 2.75) is 123 Å². The van der Waals surface area contributed by atoms with Crippen molar-refractivity contribution >= 4 is 8.32 Å². The van der Waals surface area contributed by atoms with Crippen molar-refractivity contribution in [2.75, 3.05) is 6.61 Å². The molecular weight excluding hydrogens is 444 g/mol. The average molecular weight is 501 g/mol. The maximum Gasteiger partial charge on any atom is 0.191 e. The molecule has 7 atom stereocenters. The molecule has 2 nitrogen and oxygen atoms in total. The first kappa shape index (κ1) is 30.4. The average Bonchev–Trinajstić information content (AvgIpc) is 3.12. The van der Waals surface area contributed by atoms with Crippen LogP contribution in [0.2, 0.25) is 18.1 Å². The molecule has 2 rings (SSSR count). The van der Waals surface area contributed by atoms with Gasteiger partial charge in [0.25, 0.3) is 0 Å². The van der Waals surface area contributed by atoms with Gasteiger partial charge in [0, 0.05) is 13.0 Å². The molecule has 35 heavy (non-hydrogen) atoms. The van der Waals surface area contributed by atoms with Crippen LogP contribution in [0.1, 0.15) is 99.3 Å². The zero-order valence-corrected chi connectivity index (χ0v) is 25.3. The molecule has 2 fully saturated rings. The number of allylic oxidation sites excluding steroid dienone is 2. The molecule has 0 aliphatic heterocycles. The molecule has 0 aromatic rings. The number of hydrogen-bond acceptors (Lipinski definition) is 2. The van der Waals surface area contributed by atoms with Gasteiger partial charge in [0.2, 0.25) is 0 Å². The Bertz CT molecular complexity index is 757. The van der Waals surface area contributed by atoms with Gasteiger partial charge in [-0.3, -0.25) is 0 Å². The Morgan fingerprint density at radius 1 is 1.23 bits per heavy atom. The van der Waals surface area contributed by atoms with E-state index in [4.69, 9.17) is 10.8 Å². The van der Waals surface area contributed by atoms with Crippen molar-refractivity contribution in [1.82, 2.24) is 0 Å². The minimum absolute atomic E-state index is 0.161. The standard InChI is InChI=1S/C32H56O2Si/c1-11-14-15-17-26(16-12-2)23-27-20-22-31(8)28(18-19-29(31)32(27,33)21-13-3)25(4)24-34-35(9,10)30(5,6)7/h2,13-15,25-29,33H,3,11,16-24H2,1,4-10H3/b15-14-/t25-,26?,27+,28-,29?,31-,32+/m1/s1. The zero-order chi connectivity index (χ0) is 26.5. The molecule has 2 saturated carbocycles. The smallest absolute Gasteiger partial charge is 0.191 e. The summed E-state index contributed by atoms with van der Waals surface area (Å²) in [5.41, 5.74) is -0.515. The molecule has 0 amide bonds. The van der Waals surface area contributed by atoms with Gasteiger partial charge in [-0.05, 0) is 105 Å². The van der Waals surface area contributed by atoms with E-state index in [0.717, 1.165) is 45.1 Å². The molecule has 2 unspecified atom stereocenters. The van der Waals surface area contributed by atoms with Crippen molar-refractivity contribution in [3.8, 4) is 12.3 Å². The second-order valence-corrected chi connectivity index (χ2v) is 18.4. The summed E-state index contributed by atoms with van der Waals surface area (Å²) >= 11 is 0. The molecule has 0 heterocycles. The predicted octanol–water partition coefficient (Wildman–Crippen LogP) is 8.78. The van der Waals surface area contributed by atoms with E-state index in [1.54, 1.807) is 0 Å². The predicted molar refractivity (Wildman–Crippen MR) is 155 cm³/mol. The van der Waals surface area contributed by atoms with E-state index in [1.165, 1.54) is 12.8 Å². The second kappa shape index (κ2) is 12.1. The summed E-state index contributed by atoms with van der Waals surface area (Å²) in [5, 5.41) is 12.6. The van der Waals surface area contributed by atoms with Crippen LogP contribution >= 0.6 is 0 Å². The molecule has 0 saturated heterocycles. The highest BCUT2D eigenvalue weighted by molar-refractivity contribution is 6.74. The van der Waals surface area contributed by atoms with Crippen LogP contribution in [0.4, 0.5) is 0 Å². The Hall–Kier alpha value is -0.823. The van der Waals surface area contributed by atoms with Crippen LogP contribution in [0, 0.1) is 47.3 Å². The monoisotopic (exact) mass is 500 g/mol. The maximum absolute atomic E-state index is 12.4. The Morgan fingerprint density at radius 2 is 1.91 bits per heavy atom. The molecule has 0 bridgehead atoms. The van der Waals surface area contributed by atoms with Crippen LogP contribution < -0.4 is 0 Å². The van der Waals surface area contributed by atoms with E-state index in [2.05, 4.69) is 79.3 Å². The van der Waals surface area contributed by atoms with Crippen molar-refractivity contribution in [3.05, 3.63) is 24.8 Å². The Labute approximate surface area is 219 Å². The number of terminal acetylenes is 1. The largest absolute Gasteiger partial charge is 0.417 e. The maximum atomic E-state index is 12.4. The van der Waals surface area contributed by atoms with Gasteiger partial charge in [-0.2, -0.15) is 0 Å². The number of hydrogen-bond donors (Lipinski definition) is 1. The molecule has 0 aromatic heterocycles. The van der Waals surface area contributed by atoms with E-state index in [1.807, 2.05) is 6.08 Å². The molecule has 2 aliphatic rings. The lowest BCUT2D eigenvalue weighted by atomic mass is 9.53. The highest BCUT2D eigenvalue weighted by Gasteiger charge is 2.60. The van der Waals surface area contributed by atoms with Gasteiger partial charge in [0.15, 0.2) is 8.32 Å². The summed E-state index contributed by atoms with van der Waals surface area (Å²) < 4.78 is 6.67. The van der Waals surface area contributed by atoms with E-state index in [0.29, 0.717) is 36.0 Å². The van der Waals surface area contributed by atoms with E-state index in [9.17, 15) is 5.11 Å². The van der Waals surface area contributed by atoms with Crippen molar-refractivity contribution < 1.29 is 9.53 Å². The summed E-state index contributed by atoms with van der Waals surface area (Å²) in [7, 11) is -1.76. The molecule has 0 aromatic carbocycles. The van der Waals surface area contributed by atoms with Gasteiger partial charge in [0.05, 0.1) is 5.60 Å². The van der Waals surface area contributed by atoms with E-state index in [-0.39, 0.29) is 10.5 Å². The Balaban J connectivity index is 2.20. The molecular formula is C32H56O2Si. The quantitative estimate of drug-likeness (QED) is 0.165. The summed E-state index contributed by atoms with van der Waals surface area (Å²) in [6.45, 7) is 23.6. The number of fused-ring (bicyclic) bond motifs is 1. The van der Waals surface area contributed by atoms with Crippen LogP contribution in [0.15, 0.2) is 24.8 Å². The van der Waals surface area contributed by atoms with E-state index < -0.39 is 13.9 Å². The van der Waals surface area contributed by atoms with E-state index >= 15 is 0 Å². The van der Waals surface area contributed by atoms with Gasteiger partial charge < -0.3 is 9.53 Å². The van der Waals surface area contributed by atoms with Gasteiger partial charge in [0.1, 0.15) is 0 Å². The fourth-order valence-corrected chi connectivity index (χ4v) is 8.33. The molecule has 1 N–H and O–H groups in total. The van der Waals surface area contributed by atoms with Crippen LogP contribution in [0.3, 0.4) is 0 Å². The second-order valence-electron chi connectivity index (χ2n) is 13.6. The third-order valence-corrected chi connectivity index (χ3v) is 14.8. The third kappa shape index (κ3) is 6.74. The minimum atomic E-state index is -1.76. The van der Waals surface area contributed by atoms with Gasteiger partial charge in [-0.25, -0.2) is 0 Å². The lowest BCUT2D eigenvalue weighted by Crippen LogP contribution is -2.55. The van der Waals surface area contributed by atoms with Crippen molar-refractivity contribution in [1.29, 1.82) is 0 Å². The number of rotatable bonds is 12. The summed E-state index contributed by atoms with van der Waals surface area (Å²) in [4.78, 5) is 0. The van der Waals surface area contributed by atoms with Gasteiger partial charge in [-0.15, -0.1) is 18.9 Å². The van der Waals surface area contributed by atoms with Gasteiger partial charge in [-0.1, -0.05) is 59.8 Å². The third-order valence-electron chi connectivity index (χ3n) is 10.3. The fraction of sp³-hybridized carbons (Fsp3) is 0.812. The number of aliphatic hydroxyl groups is 1. The lowest BCUT2D eigenvalue weighted by Gasteiger charge is -2.55. The molecule has 2 aliphatic carbocycles. The fourth-order valence-electron chi connectivity index (χ4n) is 7.22. The van der Waals surface area contributed by atoms with Gasteiger partial charge >= 0.3 is 0 Å². The summed E-state index contributed by atoms with van der Waals surface area (Å²) in [5.74, 6) is 5.09. The lowest BCUT2D eigenvalue weighted by molar-refractivity contribution is -0.151. The normalized spacial score (nSPS) is 33.3. The summed E-state index contributed by atoms with van der Waals surface area (Å²) in [6.07, 6.45) is 21.4. The molecule has 200 valence electrons. The van der Waals surface area contributed by atoms with Crippen LogP contribution in [-0.2, 0) is 4.43 Å². The van der Waals surface area contributed by atoms with Crippen LogP contribution in [-0.4, -0.2) is 25.6 Å². The van der Waals surface area contributed by atoms with Crippen molar-refractivity contribution in [3.63, 3.8) is 0 Å². The topological polar surface area (TPSA) is 29.5 Å². The van der Waals surface area contributed by atoms with Crippen LogP contribution in [0.5, 0.6) is 0 Å².